The topological polar surface area (TPSA) is 49.6 Å². The fourth-order valence-electron chi connectivity index (χ4n) is 4.12. The Balaban J connectivity index is 2.14. The van der Waals surface area contributed by atoms with Gasteiger partial charge in [-0.1, -0.05) is 26.7 Å². The van der Waals surface area contributed by atoms with E-state index in [0.29, 0.717) is 18.4 Å². The summed E-state index contributed by atoms with van der Waals surface area (Å²) in [6.45, 7) is 7.78. The Labute approximate surface area is 123 Å². The predicted molar refractivity (Wildman–Crippen MR) is 82.4 cm³/mol. The van der Waals surface area contributed by atoms with Crippen LogP contribution in [0.5, 0.6) is 0 Å². The molecule has 2 fully saturated rings. The second kappa shape index (κ2) is 6.44. The van der Waals surface area contributed by atoms with Crippen LogP contribution in [0.2, 0.25) is 0 Å². The lowest BCUT2D eigenvalue weighted by Gasteiger charge is -2.44. The lowest BCUT2D eigenvalue weighted by molar-refractivity contribution is -0.147. The highest BCUT2D eigenvalue weighted by molar-refractivity contribution is 5.83. The maximum Gasteiger partial charge on any atom is 0.229 e. The average molecular weight is 281 g/mol. The van der Waals surface area contributed by atoms with E-state index < -0.39 is 0 Å². The van der Waals surface area contributed by atoms with E-state index >= 15 is 0 Å². The first-order valence-electron chi connectivity index (χ1n) is 8.18. The van der Waals surface area contributed by atoms with Gasteiger partial charge in [0.2, 0.25) is 5.91 Å². The zero-order valence-corrected chi connectivity index (χ0v) is 13.4. The van der Waals surface area contributed by atoms with Crippen molar-refractivity contribution in [3.63, 3.8) is 0 Å². The van der Waals surface area contributed by atoms with Crippen LogP contribution in [0.1, 0.15) is 46.0 Å². The Morgan fingerprint density at radius 1 is 1.30 bits per heavy atom. The van der Waals surface area contributed by atoms with Crippen LogP contribution in [0, 0.1) is 11.3 Å². The summed E-state index contributed by atoms with van der Waals surface area (Å²) in [7, 11) is 2.12. The van der Waals surface area contributed by atoms with Gasteiger partial charge in [-0.3, -0.25) is 4.79 Å². The molecule has 1 atom stereocenters. The van der Waals surface area contributed by atoms with Crippen molar-refractivity contribution in [1.82, 2.24) is 9.80 Å². The maximum atomic E-state index is 13.2. The normalized spacial score (nSPS) is 27.2. The summed E-state index contributed by atoms with van der Waals surface area (Å²) in [6, 6.07) is 0.200. The van der Waals surface area contributed by atoms with Crippen molar-refractivity contribution >= 4 is 5.91 Å². The molecule has 0 bridgehead atoms. The van der Waals surface area contributed by atoms with Crippen LogP contribution < -0.4 is 5.73 Å². The van der Waals surface area contributed by atoms with Crippen LogP contribution in [0.4, 0.5) is 0 Å². The minimum Gasteiger partial charge on any atom is -0.335 e. The molecule has 2 aliphatic rings. The first-order valence-corrected chi connectivity index (χ1v) is 8.18. The van der Waals surface area contributed by atoms with Crippen molar-refractivity contribution in [1.29, 1.82) is 0 Å². The molecule has 1 saturated heterocycles. The first-order chi connectivity index (χ1) is 9.48. The molecule has 1 heterocycles. The third kappa shape index (κ3) is 3.17. The van der Waals surface area contributed by atoms with Crippen molar-refractivity contribution in [3.8, 4) is 0 Å². The van der Waals surface area contributed by atoms with E-state index in [4.69, 9.17) is 5.73 Å². The number of carbonyl (C=O) groups excluding carboxylic acids is 1. The lowest BCUT2D eigenvalue weighted by atomic mass is 9.77. The average Bonchev–Trinajstić information content (AvgIpc) is 2.86. The Bertz CT molecular complexity index is 337. The molecule has 2 N–H and O–H groups in total. The van der Waals surface area contributed by atoms with Crippen LogP contribution in [0.15, 0.2) is 0 Å². The van der Waals surface area contributed by atoms with E-state index in [1.807, 2.05) is 0 Å². The van der Waals surface area contributed by atoms with Crippen molar-refractivity contribution < 1.29 is 4.79 Å². The largest absolute Gasteiger partial charge is 0.335 e. The smallest absolute Gasteiger partial charge is 0.229 e. The van der Waals surface area contributed by atoms with E-state index in [9.17, 15) is 4.79 Å². The number of piperazine rings is 1. The highest BCUT2D eigenvalue weighted by atomic mass is 16.2. The number of rotatable bonds is 4. The highest BCUT2D eigenvalue weighted by Crippen LogP contribution is 2.45. The Morgan fingerprint density at radius 2 is 1.95 bits per heavy atom. The molecule has 4 heteroatoms. The molecule has 2 rings (SSSR count). The first kappa shape index (κ1) is 15.8. The third-order valence-electron chi connectivity index (χ3n) is 5.03. The number of hydrogen-bond acceptors (Lipinski definition) is 3. The monoisotopic (exact) mass is 281 g/mol. The van der Waals surface area contributed by atoms with Crippen LogP contribution in [0.25, 0.3) is 0 Å². The number of nitrogens with zero attached hydrogens (tertiary/aromatic N) is 2. The second-order valence-electron chi connectivity index (χ2n) is 7.24. The van der Waals surface area contributed by atoms with E-state index in [-0.39, 0.29) is 11.5 Å². The Hall–Kier alpha value is -0.610. The summed E-state index contributed by atoms with van der Waals surface area (Å²) >= 11 is 0. The molecular weight excluding hydrogens is 250 g/mol. The number of hydrogen-bond donors (Lipinski definition) is 1. The summed E-state index contributed by atoms with van der Waals surface area (Å²) < 4.78 is 0. The van der Waals surface area contributed by atoms with Gasteiger partial charge in [0.15, 0.2) is 0 Å². The Morgan fingerprint density at radius 3 is 2.50 bits per heavy atom. The number of amides is 1. The van der Waals surface area contributed by atoms with E-state index in [1.54, 1.807) is 0 Å². The van der Waals surface area contributed by atoms with Crippen molar-refractivity contribution in [3.05, 3.63) is 0 Å². The Kier molecular flexibility index (Phi) is 5.08. The molecule has 0 aromatic carbocycles. The molecule has 1 amide bonds. The van der Waals surface area contributed by atoms with Gasteiger partial charge >= 0.3 is 0 Å². The molecule has 1 aliphatic heterocycles. The van der Waals surface area contributed by atoms with Gasteiger partial charge in [0.05, 0.1) is 6.04 Å². The minimum absolute atomic E-state index is 0.0858. The molecule has 0 spiro atoms. The van der Waals surface area contributed by atoms with Crippen molar-refractivity contribution in [2.75, 3.05) is 33.2 Å². The zero-order chi connectivity index (χ0) is 14.8. The summed E-state index contributed by atoms with van der Waals surface area (Å²) in [5, 5.41) is 0. The van der Waals surface area contributed by atoms with Crippen LogP contribution >= 0.6 is 0 Å². The van der Waals surface area contributed by atoms with Crippen LogP contribution in [0.3, 0.4) is 0 Å². The summed E-state index contributed by atoms with van der Waals surface area (Å²) in [6.07, 6.45) is 5.61. The van der Waals surface area contributed by atoms with Gasteiger partial charge in [-0.05, 0) is 32.2 Å². The molecule has 1 aliphatic carbocycles. The fraction of sp³-hybridized carbons (Fsp3) is 0.938. The zero-order valence-electron chi connectivity index (χ0n) is 13.4. The number of nitrogens with two attached hydrogens (primary N) is 1. The lowest BCUT2D eigenvalue weighted by Crippen LogP contribution is -2.59. The van der Waals surface area contributed by atoms with E-state index in [2.05, 4.69) is 30.7 Å². The van der Waals surface area contributed by atoms with Gasteiger partial charge in [0.25, 0.3) is 0 Å². The molecule has 0 aromatic heterocycles. The fourth-order valence-corrected chi connectivity index (χ4v) is 4.12. The van der Waals surface area contributed by atoms with Gasteiger partial charge < -0.3 is 15.5 Å². The van der Waals surface area contributed by atoms with Crippen molar-refractivity contribution in [2.24, 2.45) is 17.1 Å². The molecule has 1 unspecified atom stereocenters. The second-order valence-corrected chi connectivity index (χ2v) is 7.24. The number of likely N-dealkylation sites (N-methyl/N-ethyl adjacent to an activating group) is 1. The van der Waals surface area contributed by atoms with Gasteiger partial charge in [0.1, 0.15) is 0 Å². The summed E-state index contributed by atoms with van der Waals surface area (Å²) in [4.78, 5) is 17.6. The van der Waals surface area contributed by atoms with Gasteiger partial charge in [0, 0.05) is 31.6 Å². The van der Waals surface area contributed by atoms with E-state index in [0.717, 1.165) is 38.9 Å². The van der Waals surface area contributed by atoms with Gasteiger partial charge in [-0.15, -0.1) is 0 Å². The molecule has 1 saturated carbocycles. The van der Waals surface area contributed by atoms with Gasteiger partial charge in [-0.2, -0.15) is 0 Å². The molecule has 0 radical (unpaired) electrons. The quantitative estimate of drug-likeness (QED) is 0.853. The molecule has 20 heavy (non-hydrogen) atoms. The minimum atomic E-state index is -0.0858. The molecule has 0 aromatic rings. The van der Waals surface area contributed by atoms with Crippen molar-refractivity contribution in [2.45, 2.75) is 52.0 Å². The summed E-state index contributed by atoms with van der Waals surface area (Å²) in [5.74, 6) is 0.980. The molecular formula is C16H31N3O. The van der Waals surface area contributed by atoms with Gasteiger partial charge in [-0.25, -0.2) is 0 Å². The van der Waals surface area contributed by atoms with E-state index in [1.165, 1.54) is 12.8 Å². The van der Waals surface area contributed by atoms with Crippen LogP contribution in [-0.4, -0.2) is 55.0 Å². The van der Waals surface area contributed by atoms with Crippen LogP contribution in [-0.2, 0) is 4.79 Å². The predicted octanol–water partition coefficient (Wildman–Crippen LogP) is 1.69. The summed E-state index contributed by atoms with van der Waals surface area (Å²) in [5.41, 5.74) is 5.83. The third-order valence-corrected chi connectivity index (χ3v) is 5.03. The SMILES string of the molecule is CC(C)CC1(C(=O)N2CCN(C)CC2CN)CCCC1. The number of carbonyl (C=O) groups is 1. The standard InChI is InChI=1S/C16H31N3O/c1-13(2)10-16(6-4-5-7-16)15(20)19-9-8-18(3)12-14(19)11-17/h13-14H,4-12,17H2,1-3H3. The molecule has 4 nitrogen and oxygen atoms in total. The molecule has 116 valence electrons. The highest BCUT2D eigenvalue weighted by Gasteiger charge is 2.45. The maximum absolute atomic E-state index is 13.2.